The summed E-state index contributed by atoms with van der Waals surface area (Å²) in [7, 11) is 4.01. The molecule has 10 heteroatoms. The molecule has 0 bridgehead atoms. The Balaban J connectivity index is 0.000000295. The van der Waals surface area contributed by atoms with Crippen molar-refractivity contribution in [1.29, 1.82) is 0 Å². The predicted octanol–water partition coefficient (Wildman–Crippen LogP) is 3.20. The van der Waals surface area contributed by atoms with Crippen LogP contribution in [-0.4, -0.2) is 86.2 Å². The van der Waals surface area contributed by atoms with Crippen molar-refractivity contribution >= 4 is 30.2 Å². The molecule has 2 aromatic rings. The SMILES string of the molecule is CN(Cc1cc(C#CCCNC2CCC(NC=O)CC2)ccc1C=O)C1CCC(=O)NC1=O.CN1CCC(c2ccc(N)cc2)CC1. The second-order valence-electron chi connectivity index (χ2n) is 13.0. The summed E-state index contributed by atoms with van der Waals surface area (Å²) in [6.45, 7) is 3.66. The van der Waals surface area contributed by atoms with E-state index in [9.17, 15) is 19.2 Å². The van der Waals surface area contributed by atoms with E-state index < -0.39 is 6.04 Å². The first-order chi connectivity index (χ1) is 22.7. The van der Waals surface area contributed by atoms with E-state index in [2.05, 4.69) is 51.9 Å². The van der Waals surface area contributed by atoms with Gasteiger partial charge in [0.15, 0.2) is 0 Å². The normalized spacial score (nSPS) is 21.9. The number of benzene rings is 2. The van der Waals surface area contributed by atoms with Gasteiger partial charge in [0.05, 0.1) is 6.04 Å². The molecule has 10 nitrogen and oxygen atoms in total. The topological polar surface area (TPSA) is 137 Å². The first-order valence-electron chi connectivity index (χ1n) is 16.8. The third-order valence-electron chi connectivity index (χ3n) is 9.50. The summed E-state index contributed by atoms with van der Waals surface area (Å²) in [4.78, 5) is 49.8. The molecule has 0 radical (unpaired) electrons. The summed E-state index contributed by atoms with van der Waals surface area (Å²) in [6, 6.07) is 14.2. The van der Waals surface area contributed by atoms with Crippen molar-refractivity contribution in [2.75, 3.05) is 39.5 Å². The number of amides is 3. The van der Waals surface area contributed by atoms with E-state index in [0.29, 0.717) is 43.5 Å². The second-order valence-corrected chi connectivity index (χ2v) is 13.0. The fourth-order valence-corrected chi connectivity index (χ4v) is 6.59. The molecule has 1 atom stereocenters. The summed E-state index contributed by atoms with van der Waals surface area (Å²) in [5, 5.41) is 8.77. The lowest BCUT2D eigenvalue weighted by Gasteiger charge is -2.30. The minimum atomic E-state index is -0.396. The maximum absolute atomic E-state index is 12.1. The number of carbonyl (C=O) groups is 4. The van der Waals surface area contributed by atoms with Gasteiger partial charge in [0.25, 0.3) is 0 Å². The molecule has 5 N–H and O–H groups in total. The predicted molar refractivity (Wildman–Crippen MR) is 185 cm³/mol. The Kier molecular flexibility index (Phi) is 14.0. The molecule has 2 aromatic carbocycles. The minimum Gasteiger partial charge on any atom is -0.399 e. The number of hydrogen-bond donors (Lipinski definition) is 4. The van der Waals surface area contributed by atoms with Gasteiger partial charge in [-0.15, -0.1) is 0 Å². The molecule has 0 aromatic heterocycles. The van der Waals surface area contributed by atoms with Crippen LogP contribution in [0.15, 0.2) is 42.5 Å². The number of nitrogens with one attached hydrogen (secondary N) is 3. The Morgan fingerprint density at radius 2 is 1.68 bits per heavy atom. The van der Waals surface area contributed by atoms with E-state index in [1.165, 1.54) is 31.5 Å². The number of anilines is 1. The maximum atomic E-state index is 12.1. The monoisotopic (exact) mass is 642 g/mol. The lowest BCUT2D eigenvalue weighted by atomic mass is 9.89. The molecular formula is C37H50N6O4. The van der Waals surface area contributed by atoms with Crippen LogP contribution in [0.4, 0.5) is 5.69 Å². The van der Waals surface area contributed by atoms with Gasteiger partial charge in [0, 0.05) is 54.8 Å². The van der Waals surface area contributed by atoms with Gasteiger partial charge in [-0.25, -0.2) is 0 Å². The van der Waals surface area contributed by atoms with Crippen molar-refractivity contribution in [2.45, 2.75) is 88.4 Å². The largest absolute Gasteiger partial charge is 0.399 e. The summed E-state index contributed by atoms with van der Waals surface area (Å²) < 4.78 is 0. The van der Waals surface area contributed by atoms with Crippen LogP contribution >= 0.6 is 0 Å². The number of hydrogen-bond acceptors (Lipinski definition) is 8. The number of aldehydes is 1. The highest BCUT2D eigenvalue weighted by molar-refractivity contribution is 6.00. The van der Waals surface area contributed by atoms with E-state index in [1.54, 1.807) is 6.07 Å². The fraction of sp³-hybridized carbons (Fsp3) is 0.514. The summed E-state index contributed by atoms with van der Waals surface area (Å²) in [6.07, 6.45) is 9.77. The van der Waals surface area contributed by atoms with E-state index in [-0.39, 0.29) is 11.8 Å². The molecule has 1 saturated carbocycles. The Bertz CT molecular complexity index is 1400. The summed E-state index contributed by atoms with van der Waals surface area (Å²) >= 11 is 0. The van der Waals surface area contributed by atoms with Crippen molar-refractivity contribution in [3.8, 4) is 11.8 Å². The van der Waals surface area contributed by atoms with Gasteiger partial charge < -0.3 is 21.3 Å². The second kappa shape index (κ2) is 18.3. The Hall–Kier alpha value is -4.04. The molecule has 0 spiro atoms. The minimum absolute atomic E-state index is 0.243. The molecule has 1 aliphatic carbocycles. The number of imide groups is 1. The van der Waals surface area contributed by atoms with Gasteiger partial charge in [-0.1, -0.05) is 30.0 Å². The Labute approximate surface area is 279 Å². The van der Waals surface area contributed by atoms with Gasteiger partial charge in [-0.05, 0) is 113 Å². The van der Waals surface area contributed by atoms with Crippen LogP contribution < -0.4 is 21.7 Å². The average molecular weight is 643 g/mol. The zero-order valence-electron chi connectivity index (χ0n) is 27.8. The van der Waals surface area contributed by atoms with Crippen molar-refractivity contribution in [1.82, 2.24) is 25.8 Å². The third kappa shape index (κ3) is 11.3. The zero-order chi connectivity index (χ0) is 33.6. The summed E-state index contributed by atoms with van der Waals surface area (Å²) in [5.41, 5.74) is 10.2. The zero-order valence-corrected chi connectivity index (χ0v) is 27.8. The van der Waals surface area contributed by atoms with Gasteiger partial charge in [-0.2, -0.15) is 0 Å². The number of piperidine rings is 2. The first-order valence-corrected chi connectivity index (χ1v) is 16.8. The lowest BCUT2D eigenvalue weighted by molar-refractivity contribution is -0.137. The smallest absolute Gasteiger partial charge is 0.243 e. The average Bonchev–Trinajstić information content (AvgIpc) is 3.07. The summed E-state index contributed by atoms with van der Waals surface area (Å²) in [5.74, 6) is 6.56. The van der Waals surface area contributed by atoms with Crippen molar-refractivity contribution < 1.29 is 19.2 Å². The third-order valence-corrected chi connectivity index (χ3v) is 9.50. The number of rotatable bonds is 10. The quantitative estimate of drug-likeness (QED) is 0.102. The molecule has 2 saturated heterocycles. The number of carbonyl (C=O) groups excluding carboxylic acids is 4. The lowest BCUT2D eigenvalue weighted by Crippen LogP contribution is -2.51. The molecule has 3 amide bonds. The number of likely N-dealkylation sites (tertiary alicyclic amines) is 1. The van der Waals surface area contributed by atoms with Crippen LogP contribution in [-0.2, 0) is 20.9 Å². The Morgan fingerprint density at radius 1 is 0.979 bits per heavy atom. The number of nitrogen functional groups attached to an aromatic ring is 1. The van der Waals surface area contributed by atoms with Crippen molar-refractivity contribution in [2.24, 2.45) is 0 Å². The highest BCUT2D eigenvalue weighted by Gasteiger charge is 2.30. The van der Waals surface area contributed by atoms with Gasteiger partial charge in [0.1, 0.15) is 6.29 Å². The highest BCUT2D eigenvalue weighted by atomic mass is 16.2. The number of nitrogens with zero attached hydrogens (tertiary/aromatic N) is 2. The molecule has 3 fully saturated rings. The molecule has 47 heavy (non-hydrogen) atoms. The van der Waals surface area contributed by atoms with E-state index >= 15 is 0 Å². The van der Waals surface area contributed by atoms with Crippen molar-refractivity contribution in [3.63, 3.8) is 0 Å². The van der Waals surface area contributed by atoms with Gasteiger partial charge in [0.2, 0.25) is 18.2 Å². The molecule has 2 aliphatic heterocycles. The number of likely N-dealkylation sites (N-methyl/N-ethyl adjacent to an activating group) is 1. The molecule has 5 rings (SSSR count). The van der Waals surface area contributed by atoms with Crippen LogP contribution in [0.2, 0.25) is 0 Å². The highest BCUT2D eigenvalue weighted by Crippen LogP contribution is 2.27. The van der Waals surface area contributed by atoms with Crippen LogP contribution in [0.1, 0.15) is 90.8 Å². The molecular weight excluding hydrogens is 592 g/mol. The number of nitrogens with two attached hydrogens (primary N) is 1. The van der Waals surface area contributed by atoms with E-state index in [1.807, 2.05) is 36.2 Å². The van der Waals surface area contributed by atoms with Crippen LogP contribution in [0, 0.1) is 11.8 Å². The van der Waals surface area contributed by atoms with E-state index in [4.69, 9.17) is 5.73 Å². The fourth-order valence-electron chi connectivity index (χ4n) is 6.59. The van der Waals surface area contributed by atoms with Crippen LogP contribution in [0.5, 0.6) is 0 Å². The van der Waals surface area contributed by atoms with Crippen LogP contribution in [0.3, 0.4) is 0 Å². The Morgan fingerprint density at radius 3 is 2.34 bits per heavy atom. The molecule has 1 unspecified atom stereocenters. The first kappa shape index (κ1) is 35.8. The molecule has 3 aliphatic rings. The standard InChI is InChI=1S/C25H32N4O4.C12H18N2/c1-29(23-11-12-24(32)28-25(23)33)15-20-14-18(5-6-19(20)16-30)4-2-3-13-26-21-7-9-22(10-8-21)27-17-31;1-14-8-6-11(7-9-14)10-2-4-12(13)5-3-10/h5-6,14,16-17,21-23,26H,3,7-13,15H2,1H3,(H,27,31)(H,28,32,33);2-5,11H,6-9,13H2,1H3. The van der Waals surface area contributed by atoms with Gasteiger partial charge in [-0.3, -0.25) is 29.4 Å². The van der Waals surface area contributed by atoms with Crippen LogP contribution in [0.25, 0.3) is 0 Å². The molecule has 252 valence electrons. The molecule has 2 heterocycles. The maximum Gasteiger partial charge on any atom is 0.243 e. The van der Waals surface area contributed by atoms with E-state index in [0.717, 1.165) is 67.7 Å². The van der Waals surface area contributed by atoms with Gasteiger partial charge >= 0.3 is 0 Å². The van der Waals surface area contributed by atoms with Crippen molar-refractivity contribution in [3.05, 3.63) is 64.7 Å².